The van der Waals surface area contributed by atoms with Gasteiger partial charge in [-0.05, 0) is 12.5 Å². The lowest BCUT2D eigenvalue weighted by atomic mass is 10.2. The van der Waals surface area contributed by atoms with Crippen molar-refractivity contribution in [1.82, 2.24) is 20.1 Å². The molecular formula is C16H18N4O3. The van der Waals surface area contributed by atoms with Gasteiger partial charge in [0.25, 0.3) is 5.56 Å². The van der Waals surface area contributed by atoms with E-state index in [1.54, 1.807) is 17.9 Å². The predicted octanol–water partition coefficient (Wildman–Crippen LogP) is 1.03. The predicted molar refractivity (Wildman–Crippen MR) is 87.4 cm³/mol. The Morgan fingerprint density at radius 2 is 2.17 bits per heavy atom. The van der Waals surface area contributed by atoms with E-state index >= 15 is 0 Å². The molecule has 23 heavy (non-hydrogen) atoms. The van der Waals surface area contributed by atoms with Crippen molar-refractivity contribution >= 4 is 27.7 Å². The van der Waals surface area contributed by atoms with E-state index in [0.29, 0.717) is 18.7 Å². The molecule has 7 heteroatoms. The van der Waals surface area contributed by atoms with Crippen LogP contribution in [-0.4, -0.2) is 40.9 Å². The molecule has 0 saturated carbocycles. The summed E-state index contributed by atoms with van der Waals surface area (Å²) >= 11 is 0. The van der Waals surface area contributed by atoms with Gasteiger partial charge in [-0.1, -0.05) is 18.2 Å². The van der Waals surface area contributed by atoms with Crippen molar-refractivity contribution in [3.8, 4) is 0 Å². The highest BCUT2D eigenvalue weighted by Crippen LogP contribution is 2.25. The third kappa shape index (κ3) is 2.95. The van der Waals surface area contributed by atoms with E-state index in [0.717, 1.165) is 22.7 Å². The number of fused-ring (bicyclic) bond motifs is 3. The number of H-pyrrole nitrogens is 1. The summed E-state index contributed by atoms with van der Waals surface area (Å²) in [6.07, 6.45) is 2.37. The van der Waals surface area contributed by atoms with Crippen molar-refractivity contribution in [2.45, 2.75) is 13.0 Å². The Hall–Kier alpha value is -2.67. The third-order valence-corrected chi connectivity index (χ3v) is 3.73. The Morgan fingerprint density at radius 3 is 3.00 bits per heavy atom. The van der Waals surface area contributed by atoms with Crippen LogP contribution in [0, 0.1) is 0 Å². The first-order valence-corrected chi connectivity index (χ1v) is 7.42. The number of para-hydroxylation sites is 1. The molecular weight excluding hydrogens is 296 g/mol. The van der Waals surface area contributed by atoms with Crippen LogP contribution in [0.4, 0.5) is 0 Å². The molecule has 0 aliphatic rings. The van der Waals surface area contributed by atoms with Crippen molar-refractivity contribution in [2.75, 3.05) is 20.3 Å². The van der Waals surface area contributed by atoms with Crippen molar-refractivity contribution in [1.29, 1.82) is 0 Å². The SMILES string of the molecule is COCCCNC(=O)Cn1c2ccccc2c2cn[nH]c(=O)c21. The average Bonchev–Trinajstić information content (AvgIpc) is 2.87. The van der Waals surface area contributed by atoms with Crippen LogP contribution in [-0.2, 0) is 16.1 Å². The van der Waals surface area contributed by atoms with Gasteiger partial charge in [-0.15, -0.1) is 0 Å². The van der Waals surface area contributed by atoms with Gasteiger partial charge in [0.15, 0.2) is 0 Å². The molecule has 120 valence electrons. The molecule has 0 unspecified atom stereocenters. The molecule has 2 N–H and O–H groups in total. The number of aromatic amines is 1. The third-order valence-electron chi connectivity index (χ3n) is 3.73. The van der Waals surface area contributed by atoms with Gasteiger partial charge in [-0.2, -0.15) is 5.10 Å². The van der Waals surface area contributed by atoms with Gasteiger partial charge in [0.1, 0.15) is 12.1 Å². The van der Waals surface area contributed by atoms with Crippen LogP contribution in [0.15, 0.2) is 35.3 Å². The quantitative estimate of drug-likeness (QED) is 0.665. The average molecular weight is 314 g/mol. The number of ether oxygens (including phenoxy) is 1. The number of hydrogen-bond acceptors (Lipinski definition) is 4. The number of nitrogens with zero attached hydrogens (tertiary/aromatic N) is 2. The zero-order valence-electron chi connectivity index (χ0n) is 12.8. The van der Waals surface area contributed by atoms with Gasteiger partial charge in [0.05, 0.1) is 6.20 Å². The fourth-order valence-electron chi connectivity index (χ4n) is 2.72. The molecule has 0 bridgehead atoms. The second-order valence-corrected chi connectivity index (χ2v) is 5.26. The molecule has 1 amide bonds. The molecule has 0 radical (unpaired) electrons. The second kappa shape index (κ2) is 6.62. The van der Waals surface area contributed by atoms with Gasteiger partial charge in [0, 0.05) is 36.6 Å². The van der Waals surface area contributed by atoms with E-state index in [1.807, 2.05) is 24.3 Å². The number of carbonyl (C=O) groups excluding carboxylic acids is 1. The number of amides is 1. The Morgan fingerprint density at radius 1 is 1.35 bits per heavy atom. The molecule has 2 heterocycles. The van der Waals surface area contributed by atoms with E-state index in [-0.39, 0.29) is 18.0 Å². The normalized spacial score (nSPS) is 11.2. The fraction of sp³-hybridized carbons (Fsp3) is 0.312. The summed E-state index contributed by atoms with van der Waals surface area (Å²) in [6.45, 7) is 1.23. The smallest absolute Gasteiger partial charge is 0.288 e. The van der Waals surface area contributed by atoms with Gasteiger partial charge in [-0.25, -0.2) is 5.10 Å². The van der Waals surface area contributed by atoms with Gasteiger partial charge in [0.2, 0.25) is 5.91 Å². The van der Waals surface area contributed by atoms with E-state index in [1.165, 1.54) is 0 Å². The van der Waals surface area contributed by atoms with Crippen molar-refractivity contribution in [3.63, 3.8) is 0 Å². The first-order chi connectivity index (χ1) is 11.2. The van der Waals surface area contributed by atoms with Crippen LogP contribution in [0.25, 0.3) is 21.8 Å². The van der Waals surface area contributed by atoms with E-state index in [9.17, 15) is 9.59 Å². The van der Waals surface area contributed by atoms with Crippen LogP contribution in [0.3, 0.4) is 0 Å². The van der Waals surface area contributed by atoms with Crippen molar-refractivity contribution in [2.24, 2.45) is 0 Å². The standard InChI is InChI=1S/C16H18N4O3/c1-23-8-4-7-17-14(21)10-20-13-6-3-2-5-11(13)12-9-18-19-16(22)15(12)20/h2-3,5-6,9H,4,7-8,10H2,1H3,(H,17,21)(H,19,22). The number of aromatic nitrogens is 3. The molecule has 2 aromatic heterocycles. The molecule has 0 aliphatic carbocycles. The second-order valence-electron chi connectivity index (χ2n) is 5.26. The van der Waals surface area contributed by atoms with Crippen LogP contribution in [0.2, 0.25) is 0 Å². The van der Waals surface area contributed by atoms with Crippen LogP contribution >= 0.6 is 0 Å². The highest BCUT2D eigenvalue weighted by atomic mass is 16.5. The minimum absolute atomic E-state index is 0.0874. The number of carbonyl (C=O) groups is 1. The number of benzene rings is 1. The highest BCUT2D eigenvalue weighted by molar-refractivity contribution is 6.07. The topological polar surface area (TPSA) is 89.0 Å². The monoisotopic (exact) mass is 314 g/mol. The summed E-state index contributed by atoms with van der Waals surface area (Å²) in [5, 5.41) is 10.8. The lowest BCUT2D eigenvalue weighted by Gasteiger charge is -2.08. The Labute approximate surface area is 132 Å². The maximum absolute atomic E-state index is 12.2. The Balaban J connectivity index is 1.95. The van der Waals surface area contributed by atoms with Crippen LogP contribution < -0.4 is 10.9 Å². The van der Waals surface area contributed by atoms with Gasteiger partial charge < -0.3 is 14.6 Å². The fourth-order valence-corrected chi connectivity index (χ4v) is 2.72. The molecule has 0 atom stereocenters. The number of nitrogens with one attached hydrogen (secondary N) is 2. The lowest BCUT2D eigenvalue weighted by molar-refractivity contribution is -0.121. The Kier molecular flexibility index (Phi) is 4.38. The Bertz CT molecular complexity index is 897. The molecule has 3 rings (SSSR count). The molecule has 0 spiro atoms. The number of rotatable bonds is 6. The molecule has 3 aromatic rings. The molecule has 1 aromatic carbocycles. The summed E-state index contributed by atoms with van der Waals surface area (Å²) in [4.78, 5) is 24.3. The largest absolute Gasteiger partial charge is 0.385 e. The van der Waals surface area contributed by atoms with Gasteiger partial charge in [-0.3, -0.25) is 9.59 Å². The number of hydrogen-bond donors (Lipinski definition) is 2. The zero-order chi connectivity index (χ0) is 16.2. The first-order valence-electron chi connectivity index (χ1n) is 7.42. The van der Waals surface area contributed by atoms with E-state index in [4.69, 9.17) is 4.74 Å². The van der Waals surface area contributed by atoms with Gasteiger partial charge >= 0.3 is 0 Å². The van der Waals surface area contributed by atoms with E-state index < -0.39 is 0 Å². The minimum atomic E-state index is -0.300. The van der Waals surface area contributed by atoms with Crippen LogP contribution in [0.5, 0.6) is 0 Å². The summed E-state index contributed by atoms with van der Waals surface area (Å²) in [5.41, 5.74) is 1.01. The summed E-state index contributed by atoms with van der Waals surface area (Å²) in [7, 11) is 1.63. The minimum Gasteiger partial charge on any atom is -0.385 e. The number of methoxy groups -OCH3 is 1. The summed E-state index contributed by atoms with van der Waals surface area (Å²) < 4.78 is 6.68. The van der Waals surface area contributed by atoms with Crippen molar-refractivity contribution in [3.05, 3.63) is 40.8 Å². The van der Waals surface area contributed by atoms with Crippen molar-refractivity contribution < 1.29 is 9.53 Å². The van der Waals surface area contributed by atoms with Crippen LogP contribution in [0.1, 0.15) is 6.42 Å². The maximum Gasteiger partial charge on any atom is 0.288 e. The molecule has 0 aliphatic heterocycles. The molecule has 0 saturated heterocycles. The molecule has 0 fully saturated rings. The lowest BCUT2D eigenvalue weighted by Crippen LogP contribution is -2.29. The first kappa shape index (κ1) is 15.2. The maximum atomic E-state index is 12.2. The zero-order valence-corrected chi connectivity index (χ0v) is 12.8. The highest BCUT2D eigenvalue weighted by Gasteiger charge is 2.15. The summed E-state index contributed by atoms with van der Waals surface area (Å²) in [5.74, 6) is -0.139. The van der Waals surface area contributed by atoms with E-state index in [2.05, 4.69) is 15.5 Å². The summed E-state index contributed by atoms with van der Waals surface area (Å²) in [6, 6.07) is 7.60. The molecule has 7 nitrogen and oxygen atoms in total.